The van der Waals surface area contributed by atoms with Crippen LogP contribution in [-0.2, 0) is 22.1 Å². The molecule has 7 nitrogen and oxygen atoms in total. The van der Waals surface area contributed by atoms with Crippen LogP contribution < -0.4 is 14.8 Å². The van der Waals surface area contributed by atoms with Crippen molar-refractivity contribution in [2.45, 2.75) is 45.2 Å². The number of aryl methyl sites for hydroxylation is 1. The van der Waals surface area contributed by atoms with E-state index >= 15 is 0 Å². The Kier molecular flexibility index (Phi) is 8.14. The number of ether oxygens (including phenoxy) is 3. The van der Waals surface area contributed by atoms with E-state index in [9.17, 15) is 18.0 Å². The molecular weight excluding hydrogens is 511 g/mol. The lowest BCUT2D eigenvalue weighted by molar-refractivity contribution is -0.274. The second-order valence-corrected chi connectivity index (χ2v) is 9.37. The molecule has 0 fully saturated rings. The highest BCUT2D eigenvalue weighted by atomic mass is 35.5. The van der Waals surface area contributed by atoms with Crippen LogP contribution in [-0.4, -0.2) is 41.4 Å². The number of carbonyl (C=O) groups is 1. The third-order valence-corrected chi connectivity index (χ3v) is 6.21. The fourth-order valence-electron chi connectivity index (χ4n) is 3.84. The van der Waals surface area contributed by atoms with E-state index in [1.54, 1.807) is 51.7 Å². The maximum atomic E-state index is 12.5. The summed E-state index contributed by atoms with van der Waals surface area (Å²) in [5.74, 6) is -0.486. The predicted octanol–water partition coefficient (Wildman–Crippen LogP) is 5.84. The number of rotatable bonds is 9. The lowest BCUT2D eigenvalue weighted by atomic mass is 9.88. The highest BCUT2D eigenvalue weighted by Gasteiger charge is 2.35. The van der Waals surface area contributed by atoms with Crippen molar-refractivity contribution < 1.29 is 32.2 Å². The molecule has 0 aliphatic rings. The van der Waals surface area contributed by atoms with E-state index in [-0.39, 0.29) is 12.4 Å². The van der Waals surface area contributed by atoms with E-state index in [1.807, 2.05) is 19.1 Å². The third kappa shape index (κ3) is 6.37. The smallest absolute Gasteiger partial charge is 0.475 e. The highest BCUT2D eigenvalue weighted by molar-refractivity contribution is 6.32. The van der Waals surface area contributed by atoms with Crippen LogP contribution in [0.5, 0.6) is 11.5 Å². The van der Waals surface area contributed by atoms with Gasteiger partial charge in [-0.15, -0.1) is 13.2 Å². The molecule has 1 unspecified atom stereocenters. The first kappa shape index (κ1) is 28.3. The van der Waals surface area contributed by atoms with Gasteiger partial charge in [0, 0.05) is 12.6 Å². The summed E-state index contributed by atoms with van der Waals surface area (Å²) in [5.41, 5.74) is 0.781. The van der Waals surface area contributed by atoms with Crippen LogP contribution in [0.1, 0.15) is 39.0 Å². The van der Waals surface area contributed by atoms with Gasteiger partial charge in [0.15, 0.2) is 5.60 Å². The van der Waals surface area contributed by atoms with Gasteiger partial charge in [-0.05, 0) is 82.8 Å². The molecule has 1 atom stereocenters. The molecule has 3 rings (SSSR count). The summed E-state index contributed by atoms with van der Waals surface area (Å²) in [5, 5.41) is 8.16. The van der Waals surface area contributed by atoms with E-state index in [4.69, 9.17) is 21.1 Å². The number of benzene rings is 2. The van der Waals surface area contributed by atoms with Crippen LogP contribution in [0.3, 0.4) is 0 Å². The average molecular weight is 540 g/mol. The van der Waals surface area contributed by atoms with Crippen molar-refractivity contribution in [1.82, 2.24) is 15.1 Å². The van der Waals surface area contributed by atoms with Crippen LogP contribution >= 0.6 is 11.6 Å². The number of aromatic nitrogens is 2. The summed E-state index contributed by atoms with van der Waals surface area (Å²) in [6.07, 6.45) is -4.76. The first-order valence-corrected chi connectivity index (χ1v) is 11.8. The molecule has 0 amide bonds. The number of hydrogen-bond donors (Lipinski definition) is 1. The zero-order chi connectivity index (χ0) is 27.6. The Balaban J connectivity index is 1.91. The van der Waals surface area contributed by atoms with Crippen LogP contribution in [0, 0.1) is 0 Å². The second kappa shape index (κ2) is 10.6. The summed E-state index contributed by atoms with van der Waals surface area (Å²) in [6, 6.07) is 12.6. The molecule has 1 aromatic heterocycles. The number of hydrogen-bond acceptors (Lipinski definition) is 6. The van der Waals surface area contributed by atoms with Gasteiger partial charge in [-0.1, -0.05) is 17.7 Å². The Morgan fingerprint density at radius 1 is 1.05 bits per heavy atom. The predicted molar refractivity (Wildman–Crippen MR) is 134 cm³/mol. The lowest BCUT2D eigenvalue weighted by Gasteiger charge is -2.31. The summed E-state index contributed by atoms with van der Waals surface area (Å²) < 4.78 is 54.0. The normalized spacial score (nSPS) is 13.7. The highest BCUT2D eigenvalue weighted by Crippen LogP contribution is 2.37. The van der Waals surface area contributed by atoms with Gasteiger partial charge in [-0.2, -0.15) is 5.10 Å². The Labute approximate surface area is 218 Å². The summed E-state index contributed by atoms with van der Waals surface area (Å²) >= 11 is 6.55. The zero-order valence-corrected chi connectivity index (χ0v) is 22.1. The number of nitrogens with zero attached hydrogens (tertiary/aromatic N) is 2. The van der Waals surface area contributed by atoms with E-state index in [1.165, 1.54) is 24.3 Å². The van der Waals surface area contributed by atoms with Crippen LogP contribution in [0.4, 0.5) is 13.2 Å². The lowest BCUT2D eigenvalue weighted by Crippen LogP contribution is -2.40. The quantitative estimate of drug-likeness (QED) is 0.344. The number of alkyl halides is 3. The maximum Gasteiger partial charge on any atom is 0.573 e. The van der Waals surface area contributed by atoms with Crippen LogP contribution in [0.15, 0.2) is 48.5 Å². The number of halogens is 4. The van der Waals surface area contributed by atoms with Gasteiger partial charge in [-0.3, -0.25) is 4.68 Å². The van der Waals surface area contributed by atoms with Crippen LogP contribution in [0.2, 0.25) is 5.02 Å². The molecule has 0 saturated heterocycles. The third-order valence-electron chi connectivity index (χ3n) is 5.92. The molecular formula is C26H29ClF3N3O4. The molecule has 0 aliphatic heterocycles. The Bertz CT molecular complexity index is 1260. The number of esters is 1. The van der Waals surface area contributed by atoms with Crippen LogP contribution in [0.25, 0.3) is 11.3 Å². The molecule has 200 valence electrons. The zero-order valence-electron chi connectivity index (χ0n) is 21.4. The molecule has 11 heteroatoms. The Morgan fingerprint density at radius 2 is 1.70 bits per heavy atom. The average Bonchev–Trinajstić information content (AvgIpc) is 3.21. The van der Waals surface area contributed by atoms with E-state index in [0.29, 0.717) is 22.0 Å². The number of nitrogens with one attached hydrogen (secondary N) is 1. The van der Waals surface area contributed by atoms with Gasteiger partial charge < -0.3 is 19.5 Å². The van der Waals surface area contributed by atoms with Crippen molar-refractivity contribution in [3.63, 3.8) is 0 Å². The van der Waals surface area contributed by atoms with Crippen molar-refractivity contribution in [2.75, 3.05) is 13.7 Å². The van der Waals surface area contributed by atoms with E-state index < -0.39 is 23.5 Å². The molecule has 1 heterocycles. The van der Waals surface area contributed by atoms with Crippen molar-refractivity contribution in [3.8, 4) is 22.8 Å². The van der Waals surface area contributed by atoms with Gasteiger partial charge in [0.2, 0.25) is 0 Å². The van der Waals surface area contributed by atoms with E-state index in [0.717, 1.165) is 11.3 Å². The minimum atomic E-state index is -4.76. The fraction of sp³-hybridized carbons (Fsp3) is 0.385. The fourth-order valence-corrected chi connectivity index (χ4v) is 4.06. The monoisotopic (exact) mass is 539 g/mol. The topological polar surface area (TPSA) is 74.6 Å². The molecule has 0 spiro atoms. The molecule has 37 heavy (non-hydrogen) atoms. The van der Waals surface area contributed by atoms with Gasteiger partial charge in [0.25, 0.3) is 0 Å². The first-order valence-electron chi connectivity index (χ1n) is 11.5. The largest absolute Gasteiger partial charge is 0.573 e. The molecule has 0 radical (unpaired) electrons. The molecule has 1 N–H and O–H groups in total. The van der Waals surface area contributed by atoms with E-state index in [2.05, 4.69) is 15.2 Å². The first-order chi connectivity index (χ1) is 17.2. The summed E-state index contributed by atoms with van der Waals surface area (Å²) in [4.78, 5) is 12.2. The second-order valence-electron chi connectivity index (χ2n) is 8.96. The van der Waals surface area contributed by atoms with Gasteiger partial charge in [0.05, 0.1) is 28.6 Å². The number of carbonyl (C=O) groups excluding carboxylic acids is 1. The minimum Gasteiger partial charge on any atom is -0.475 e. The minimum absolute atomic E-state index is 0.233. The van der Waals surface area contributed by atoms with Crippen molar-refractivity contribution in [2.24, 2.45) is 7.05 Å². The summed E-state index contributed by atoms with van der Waals surface area (Å²) in [6.45, 7) is 7.10. The molecule has 0 saturated carbocycles. The van der Waals surface area contributed by atoms with Crippen molar-refractivity contribution >= 4 is 17.6 Å². The van der Waals surface area contributed by atoms with Gasteiger partial charge in [-0.25, -0.2) is 4.79 Å². The molecule has 0 bridgehead atoms. The molecule has 2 aromatic carbocycles. The van der Waals surface area contributed by atoms with Crippen molar-refractivity contribution in [3.05, 3.63) is 64.8 Å². The summed E-state index contributed by atoms with van der Waals surface area (Å²) in [7, 11) is 3.56. The molecule has 3 aromatic rings. The Hall–Kier alpha value is -3.24. The van der Waals surface area contributed by atoms with Crippen molar-refractivity contribution in [1.29, 1.82) is 0 Å². The Morgan fingerprint density at radius 3 is 2.24 bits per heavy atom. The van der Waals surface area contributed by atoms with Gasteiger partial charge in [0.1, 0.15) is 11.5 Å². The standard InChI is InChI=1S/C26H29ClF3N3O4/c1-7-35-23(34)24(2,3)37-21-13-10-17(14-19(21)27)25(4,31-5)22-15-20(32-33(22)6)16-8-11-18(12-9-16)36-26(28,29)30/h8-15,31H,7H2,1-6H3. The molecule has 0 aliphatic carbocycles. The maximum absolute atomic E-state index is 12.5. The SMILES string of the molecule is CCOC(=O)C(C)(C)Oc1ccc(C(C)(NC)c2cc(-c3ccc(OC(F)(F)F)cc3)nn2C)cc1Cl. The van der Waals surface area contributed by atoms with Gasteiger partial charge >= 0.3 is 12.3 Å².